The normalized spacial score (nSPS) is 9.33. The average Bonchev–Trinajstić information content (AvgIpc) is 2.04. The fourth-order valence-corrected chi connectivity index (χ4v) is 1.10. The van der Waals surface area contributed by atoms with E-state index < -0.39 is 0 Å². The van der Waals surface area contributed by atoms with Crippen LogP contribution in [0.3, 0.4) is 0 Å². The number of pyridine rings is 1. The molecule has 1 radical (unpaired) electrons. The van der Waals surface area contributed by atoms with E-state index >= 15 is 0 Å². The third-order valence-corrected chi connectivity index (χ3v) is 1.63. The molecule has 2 rings (SSSR count). The van der Waals surface area contributed by atoms with Crippen molar-refractivity contribution >= 4 is 29.8 Å². The summed E-state index contributed by atoms with van der Waals surface area (Å²) in [5.74, 6) is 0. The first-order valence-electron chi connectivity index (χ1n) is 3.44. The van der Waals surface area contributed by atoms with Crippen molar-refractivity contribution in [1.82, 2.24) is 4.98 Å². The number of aromatic nitrogens is 1. The second-order valence-corrected chi connectivity index (χ2v) is 2.41. The van der Waals surface area contributed by atoms with Gasteiger partial charge in [0.15, 0.2) is 0 Å². The first-order chi connectivity index (χ1) is 5.36. The predicted octanol–water partition coefficient (Wildman–Crippen LogP) is 1.15. The van der Waals surface area contributed by atoms with Gasteiger partial charge in [-0.2, -0.15) is 0 Å². The Morgan fingerprint density at radius 3 is 2.58 bits per heavy atom. The molecule has 0 unspecified atom stereocenters. The molecule has 0 spiro atoms. The average molecular weight is 152 g/mol. The zero-order valence-electron chi connectivity index (χ0n) is 6.87. The Morgan fingerprint density at radius 1 is 1.00 bits per heavy atom. The fraction of sp³-hybridized carbons (Fsp3) is 0. The van der Waals surface area contributed by atoms with Crippen LogP contribution in [0.1, 0.15) is 0 Å². The summed E-state index contributed by atoms with van der Waals surface area (Å²) in [5, 5.41) is 1.06. The molecule has 0 aliphatic rings. The first kappa shape index (κ1) is 9.12. The molecule has 12 heavy (non-hydrogen) atoms. The molecule has 1 aromatic heterocycles. The molecule has 55 valence electrons. The largest absolute Gasteiger partial charge is 0.322 e. The van der Waals surface area contributed by atoms with E-state index in [4.69, 9.17) is 0 Å². The monoisotopic (exact) mass is 152 g/mol. The minimum atomic E-state index is -0.0521. The van der Waals surface area contributed by atoms with E-state index in [0.29, 0.717) is 0 Å². The Hall–Kier alpha value is -0.973. The van der Waals surface area contributed by atoms with E-state index in [9.17, 15) is 4.79 Å². The fourth-order valence-electron chi connectivity index (χ4n) is 1.10. The summed E-state index contributed by atoms with van der Waals surface area (Å²) >= 11 is 0. The van der Waals surface area contributed by atoms with Crippen LogP contribution in [-0.4, -0.2) is 23.8 Å². The van der Waals surface area contributed by atoms with Crippen LogP contribution in [0.5, 0.6) is 0 Å². The number of nitrogens with one attached hydrogen (secondary N) is 1. The van der Waals surface area contributed by atoms with Gasteiger partial charge in [-0.05, 0) is 17.5 Å². The number of aromatic amines is 1. The number of hydrogen-bond donors (Lipinski definition) is 1. The molecular weight excluding hydrogens is 145 g/mol. The number of benzene rings is 1. The summed E-state index contributed by atoms with van der Waals surface area (Å²) in [6.07, 6.45) is 0. The minimum absolute atomic E-state index is 0. The van der Waals surface area contributed by atoms with Crippen molar-refractivity contribution in [1.29, 1.82) is 0 Å². The standard InChI is InChI=1S/C9H7NO.Li/c11-9-6-5-7-3-1-2-4-8(7)10-9;/h1-6H,(H,10,11);. The van der Waals surface area contributed by atoms with Crippen molar-refractivity contribution in [2.24, 2.45) is 0 Å². The minimum Gasteiger partial charge on any atom is -0.322 e. The molecule has 2 aromatic rings. The van der Waals surface area contributed by atoms with Gasteiger partial charge in [-0.25, -0.2) is 0 Å². The van der Waals surface area contributed by atoms with Crippen LogP contribution in [-0.2, 0) is 0 Å². The van der Waals surface area contributed by atoms with Crippen LogP contribution in [0.25, 0.3) is 10.9 Å². The molecule has 1 heterocycles. The second kappa shape index (κ2) is 3.62. The van der Waals surface area contributed by atoms with E-state index in [1.54, 1.807) is 0 Å². The summed E-state index contributed by atoms with van der Waals surface area (Å²) in [7, 11) is 0. The van der Waals surface area contributed by atoms with Crippen LogP contribution < -0.4 is 5.56 Å². The quantitative estimate of drug-likeness (QED) is 0.564. The molecule has 1 N–H and O–H groups in total. The van der Waals surface area contributed by atoms with Crippen LogP contribution in [0, 0.1) is 0 Å². The number of H-pyrrole nitrogens is 1. The van der Waals surface area contributed by atoms with Crippen molar-refractivity contribution in [3.8, 4) is 0 Å². The molecular formula is C9H7LiNO. The molecule has 2 nitrogen and oxygen atoms in total. The molecule has 0 saturated carbocycles. The van der Waals surface area contributed by atoms with Gasteiger partial charge in [0.1, 0.15) is 0 Å². The van der Waals surface area contributed by atoms with Gasteiger partial charge in [-0.15, -0.1) is 0 Å². The van der Waals surface area contributed by atoms with Crippen LogP contribution >= 0.6 is 0 Å². The van der Waals surface area contributed by atoms with E-state index in [0.717, 1.165) is 10.9 Å². The summed E-state index contributed by atoms with van der Waals surface area (Å²) < 4.78 is 0. The third-order valence-electron chi connectivity index (χ3n) is 1.63. The number of rotatable bonds is 0. The molecule has 0 aliphatic carbocycles. The summed E-state index contributed by atoms with van der Waals surface area (Å²) in [4.78, 5) is 13.6. The second-order valence-electron chi connectivity index (χ2n) is 2.41. The number of hydrogen-bond acceptors (Lipinski definition) is 1. The predicted molar refractivity (Wildman–Crippen MR) is 50.3 cm³/mol. The van der Waals surface area contributed by atoms with Gasteiger partial charge < -0.3 is 4.98 Å². The van der Waals surface area contributed by atoms with Gasteiger partial charge in [-0.3, -0.25) is 4.79 Å². The molecule has 0 aliphatic heterocycles. The maximum absolute atomic E-state index is 10.8. The number of fused-ring (bicyclic) bond motifs is 1. The molecule has 0 saturated heterocycles. The van der Waals surface area contributed by atoms with E-state index in [-0.39, 0.29) is 24.4 Å². The summed E-state index contributed by atoms with van der Waals surface area (Å²) in [5.41, 5.74) is 0.837. The molecule has 3 heteroatoms. The van der Waals surface area contributed by atoms with Crippen molar-refractivity contribution in [2.45, 2.75) is 0 Å². The van der Waals surface area contributed by atoms with Gasteiger partial charge in [0, 0.05) is 30.4 Å². The molecule has 0 atom stereocenters. The third kappa shape index (κ3) is 1.61. The molecule has 0 bridgehead atoms. The maximum Gasteiger partial charge on any atom is 0.248 e. The van der Waals surface area contributed by atoms with E-state index in [1.807, 2.05) is 30.3 Å². The molecule has 0 fully saturated rings. The van der Waals surface area contributed by atoms with Gasteiger partial charge in [0.25, 0.3) is 0 Å². The Kier molecular flexibility index (Phi) is 2.75. The van der Waals surface area contributed by atoms with Crippen LogP contribution in [0.2, 0.25) is 0 Å². The van der Waals surface area contributed by atoms with Gasteiger partial charge >= 0.3 is 0 Å². The van der Waals surface area contributed by atoms with Gasteiger partial charge in [0.2, 0.25) is 5.56 Å². The Bertz CT molecular complexity index is 435. The Labute approximate surface area is 81.8 Å². The smallest absolute Gasteiger partial charge is 0.248 e. The molecule has 0 amide bonds. The zero-order valence-corrected chi connectivity index (χ0v) is 6.87. The Morgan fingerprint density at radius 2 is 1.75 bits per heavy atom. The SMILES string of the molecule is O=c1ccc2ccccc2[nH]1.[Li]. The maximum atomic E-state index is 10.8. The summed E-state index contributed by atoms with van der Waals surface area (Å²) in [6.45, 7) is 0. The van der Waals surface area contributed by atoms with Crippen molar-refractivity contribution in [2.75, 3.05) is 0 Å². The van der Waals surface area contributed by atoms with Gasteiger partial charge in [-0.1, -0.05) is 18.2 Å². The summed E-state index contributed by atoms with van der Waals surface area (Å²) in [6, 6.07) is 11.0. The van der Waals surface area contributed by atoms with Crippen LogP contribution in [0.4, 0.5) is 0 Å². The number of para-hydroxylation sites is 1. The van der Waals surface area contributed by atoms with Crippen LogP contribution in [0.15, 0.2) is 41.2 Å². The Balaban J connectivity index is 0.000000720. The van der Waals surface area contributed by atoms with Crippen molar-refractivity contribution in [3.63, 3.8) is 0 Å². The zero-order chi connectivity index (χ0) is 7.68. The van der Waals surface area contributed by atoms with Gasteiger partial charge in [0.05, 0.1) is 0 Å². The van der Waals surface area contributed by atoms with E-state index in [2.05, 4.69) is 4.98 Å². The van der Waals surface area contributed by atoms with Crippen molar-refractivity contribution in [3.05, 3.63) is 46.8 Å². The van der Waals surface area contributed by atoms with Crippen molar-refractivity contribution < 1.29 is 0 Å². The topological polar surface area (TPSA) is 32.9 Å². The first-order valence-corrected chi connectivity index (χ1v) is 3.44. The van der Waals surface area contributed by atoms with E-state index in [1.165, 1.54) is 6.07 Å². The molecule has 1 aromatic carbocycles.